The molecule has 0 aliphatic heterocycles. The SMILES string of the molecule is COCCNc1nccn1-c1ccc(C)cc1C. The van der Waals surface area contributed by atoms with Crippen molar-refractivity contribution in [2.45, 2.75) is 13.8 Å². The fourth-order valence-corrected chi connectivity index (χ4v) is 1.97. The summed E-state index contributed by atoms with van der Waals surface area (Å²) in [5, 5.41) is 3.26. The topological polar surface area (TPSA) is 39.1 Å². The first kappa shape index (κ1) is 12.6. The van der Waals surface area contributed by atoms with Crippen molar-refractivity contribution in [2.24, 2.45) is 0 Å². The normalized spacial score (nSPS) is 10.6. The Labute approximate surface area is 108 Å². The first-order valence-corrected chi connectivity index (χ1v) is 6.06. The lowest BCUT2D eigenvalue weighted by atomic mass is 10.1. The maximum atomic E-state index is 5.03. The highest BCUT2D eigenvalue weighted by Gasteiger charge is 2.06. The maximum absolute atomic E-state index is 5.03. The summed E-state index contributed by atoms with van der Waals surface area (Å²) in [6.07, 6.45) is 3.77. The van der Waals surface area contributed by atoms with Crippen molar-refractivity contribution >= 4 is 5.95 Å². The largest absolute Gasteiger partial charge is 0.383 e. The van der Waals surface area contributed by atoms with Gasteiger partial charge in [0, 0.05) is 26.0 Å². The number of anilines is 1. The third kappa shape index (κ3) is 2.71. The van der Waals surface area contributed by atoms with Crippen LogP contribution in [-0.2, 0) is 4.74 Å². The molecule has 0 unspecified atom stereocenters. The third-order valence-corrected chi connectivity index (χ3v) is 2.84. The number of hydrogen-bond acceptors (Lipinski definition) is 3. The summed E-state index contributed by atoms with van der Waals surface area (Å²) < 4.78 is 7.09. The Morgan fingerprint density at radius 3 is 2.89 bits per heavy atom. The lowest BCUT2D eigenvalue weighted by Crippen LogP contribution is -2.12. The minimum Gasteiger partial charge on any atom is -0.383 e. The smallest absolute Gasteiger partial charge is 0.207 e. The molecule has 0 aliphatic rings. The van der Waals surface area contributed by atoms with E-state index in [0.717, 1.165) is 18.2 Å². The van der Waals surface area contributed by atoms with Gasteiger partial charge in [-0.2, -0.15) is 0 Å². The molecule has 2 rings (SSSR count). The van der Waals surface area contributed by atoms with E-state index in [-0.39, 0.29) is 0 Å². The van der Waals surface area contributed by atoms with Gasteiger partial charge in [0.2, 0.25) is 5.95 Å². The van der Waals surface area contributed by atoms with Crippen LogP contribution < -0.4 is 5.32 Å². The lowest BCUT2D eigenvalue weighted by Gasteiger charge is -2.12. The Morgan fingerprint density at radius 2 is 2.17 bits per heavy atom. The third-order valence-electron chi connectivity index (χ3n) is 2.84. The number of benzene rings is 1. The van der Waals surface area contributed by atoms with E-state index in [0.29, 0.717) is 6.61 Å². The Hall–Kier alpha value is -1.81. The molecule has 0 spiro atoms. The van der Waals surface area contributed by atoms with Crippen LogP contribution in [0, 0.1) is 13.8 Å². The van der Waals surface area contributed by atoms with Crippen LogP contribution in [0.2, 0.25) is 0 Å². The minimum atomic E-state index is 0.666. The van der Waals surface area contributed by atoms with Crippen molar-refractivity contribution in [1.29, 1.82) is 0 Å². The van der Waals surface area contributed by atoms with Crippen molar-refractivity contribution in [2.75, 3.05) is 25.6 Å². The molecule has 1 aromatic carbocycles. The number of rotatable bonds is 5. The van der Waals surface area contributed by atoms with Crippen molar-refractivity contribution < 1.29 is 4.74 Å². The van der Waals surface area contributed by atoms with Crippen LogP contribution in [0.5, 0.6) is 0 Å². The molecule has 0 aliphatic carbocycles. The standard InChI is InChI=1S/C14H19N3O/c1-11-4-5-13(12(2)10-11)17-8-6-15-14(17)16-7-9-18-3/h4-6,8,10H,7,9H2,1-3H3,(H,15,16). The second-order valence-corrected chi connectivity index (χ2v) is 4.33. The number of nitrogens with one attached hydrogen (secondary N) is 1. The quantitative estimate of drug-likeness (QED) is 0.823. The van der Waals surface area contributed by atoms with Crippen LogP contribution in [0.15, 0.2) is 30.6 Å². The summed E-state index contributed by atoms with van der Waals surface area (Å²) in [5.41, 5.74) is 3.66. The van der Waals surface area contributed by atoms with E-state index in [1.54, 1.807) is 13.3 Å². The fourth-order valence-electron chi connectivity index (χ4n) is 1.97. The van der Waals surface area contributed by atoms with Gasteiger partial charge in [-0.25, -0.2) is 4.98 Å². The summed E-state index contributed by atoms with van der Waals surface area (Å²) in [7, 11) is 1.69. The molecule has 0 bridgehead atoms. The fraction of sp³-hybridized carbons (Fsp3) is 0.357. The van der Waals surface area contributed by atoms with Gasteiger partial charge in [0.15, 0.2) is 0 Å². The van der Waals surface area contributed by atoms with Gasteiger partial charge in [-0.1, -0.05) is 17.7 Å². The number of ether oxygens (including phenoxy) is 1. The Morgan fingerprint density at radius 1 is 1.33 bits per heavy atom. The monoisotopic (exact) mass is 245 g/mol. The number of methoxy groups -OCH3 is 1. The highest BCUT2D eigenvalue weighted by atomic mass is 16.5. The van der Waals surface area contributed by atoms with Crippen LogP contribution in [0.3, 0.4) is 0 Å². The molecule has 0 radical (unpaired) electrons. The summed E-state index contributed by atoms with van der Waals surface area (Å²) in [4.78, 5) is 4.32. The second kappa shape index (κ2) is 5.69. The molecule has 1 aromatic heterocycles. The van der Waals surface area contributed by atoms with E-state index in [1.807, 2.05) is 6.20 Å². The first-order valence-electron chi connectivity index (χ1n) is 6.06. The van der Waals surface area contributed by atoms with Crippen LogP contribution >= 0.6 is 0 Å². The molecule has 0 fully saturated rings. The molecule has 1 N–H and O–H groups in total. The second-order valence-electron chi connectivity index (χ2n) is 4.33. The van der Waals surface area contributed by atoms with Crippen molar-refractivity contribution in [3.63, 3.8) is 0 Å². The zero-order valence-electron chi connectivity index (χ0n) is 11.1. The lowest BCUT2D eigenvalue weighted by molar-refractivity contribution is 0.210. The zero-order valence-corrected chi connectivity index (χ0v) is 11.1. The van der Waals surface area contributed by atoms with Gasteiger partial charge >= 0.3 is 0 Å². The Kier molecular flexibility index (Phi) is 3.99. The zero-order chi connectivity index (χ0) is 13.0. The highest BCUT2D eigenvalue weighted by Crippen LogP contribution is 2.19. The molecule has 0 saturated carbocycles. The van der Waals surface area contributed by atoms with E-state index in [4.69, 9.17) is 4.74 Å². The molecule has 4 heteroatoms. The number of aryl methyl sites for hydroxylation is 2. The molecule has 96 valence electrons. The Balaban J connectivity index is 2.25. The average molecular weight is 245 g/mol. The number of hydrogen-bond donors (Lipinski definition) is 1. The summed E-state index contributed by atoms with van der Waals surface area (Å²) >= 11 is 0. The molecule has 0 atom stereocenters. The summed E-state index contributed by atoms with van der Waals surface area (Å²) in [6, 6.07) is 6.41. The number of aromatic nitrogens is 2. The van der Waals surface area contributed by atoms with E-state index in [9.17, 15) is 0 Å². The molecule has 0 amide bonds. The summed E-state index contributed by atoms with van der Waals surface area (Å²) in [6.45, 7) is 5.63. The predicted octanol–water partition coefficient (Wildman–Crippen LogP) is 2.55. The number of nitrogens with zero attached hydrogens (tertiary/aromatic N) is 2. The van der Waals surface area contributed by atoms with E-state index >= 15 is 0 Å². The van der Waals surface area contributed by atoms with Crippen molar-refractivity contribution in [1.82, 2.24) is 9.55 Å². The van der Waals surface area contributed by atoms with Gasteiger partial charge in [-0.15, -0.1) is 0 Å². The van der Waals surface area contributed by atoms with Crippen molar-refractivity contribution in [3.8, 4) is 5.69 Å². The molecule has 2 aromatic rings. The van der Waals surface area contributed by atoms with Gasteiger partial charge in [-0.3, -0.25) is 4.57 Å². The van der Waals surface area contributed by atoms with Gasteiger partial charge in [0.25, 0.3) is 0 Å². The van der Waals surface area contributed by atoms with E-state index in [1.165, 1.54) is 11.1 Å². The van der Waals surface area contributed by atoms with Crippen LogP contribution in [0.1, 0.15) is 11.1 Å². The van der Waals surface area contributed by atoms with Gasteiger partial charge in [0.1, 0.15) is 0 Å². The van der Waals surface area contributed by atoms with Gasteiger partial charge in [-0.05, 0) is 25.5 Å². The molecule has 4 nitrogen and oxygen atoms in total. The van der Waals surface area contributed by atoms with Gasteiger partial charge in [0.05, 0.1) is 12.3 Å². The van der Waals surface area contributed by atoms with E-state index in [2.05, 4.69) is 46.9 Å². The van der Waals surface area contributed by atoms with Crippen LogP contribution in [-0.4, -0.2) is 29.8 Å². The maximum Gasteiger partial charge on any atom is 0.207 e. The van der Waals surface area contributed by atoms with E-state index < -0.39 is 0 Å². The minimum absolute atomic E-state index is 0.666. The highest BCUT2D eigenvalue weighted by molar-refractivity contribution is 5.48. The molecule has 0 saturated heterocycles. The van der Waals surface area contributed by atoms with Crippen LogP contribution in [0.4, 0.5) is 5.95 Å². The Bertz CT molecular complexity index is 520. The molecule has 18 heavy (non-hydrogen) atoms. The first-order chi connectivity index (χ1) is 8.72. The molecule has 1 heterocycles. The van der Waals surface area contributed by atoms with Crippen LogP contribution in [0.25, 0.3) is 5.69 Å². The molecular weight excluding hydrogens is 226 g/mol. The predicted molar refractivity (Wildman–Crippen MR) is 73.4 cm³/mol. The van der Waals surface area contributed by atoms with Gasteiger partial charge < -0.3 is 10.1 Å². The average Bonchev–Trinajstić information content (AvgIpc) is 2.78. The number of imidazole rings is 1. The van der Waals surface area contributed by atoms with Crippen molar-refractivity contribution in [3.05, 3.63) is 41.7 Å². The summed E-state index contributed by atoms with van der Waals surface area (Å²) in [5.74, 6) is 0.846. The molecular formula is C14H19N3O.